The highest BCUT2D eigenvalue weighted by molar-refractivity contribution is 7.16. The van der Waals surface area contributed by atoms with Gasteiger partial charge in [0.25, 0.3) is 0 Å². The van der Waals surface area contributed by atoms with Gasteiger partial charge in [0.05, 0.1) is 5.39 Å². The van der Waals surface area contributed by atoms with Crippen molar-refractivity contribution in [3.8, 4) is 0 Å². The van der Waals surface area contributed by atoms with Gasteiger partial charge in [-0.2, -0.15) is 4.98 Å². The van der Waals surface area contributed by atoms with Crippen LogP contribution in [0.2, 0.25) is 0 Å². The molecule has 0 aliphatic carbocycles. The first kappa shape index (κ1) is 13.8. The lowest BCUT2D eigenvalue weighted by molar-refractivity contribution is 0.627. The molecule has 2 heterocycles. The molecule has 0 aliphatic rings. The molecular weight excluding hydrogens is 287 g/mol. The lowest BCUT2D eigenvalue weighted by Gasteiger charge is -2.10. The number of anilines is 3. The second kappa shape index (κ2) is 5.65. The van der Waals surface area contributed by atoms with Crippen LogP contribution < -0.4 is 10.6 Å². The Balaban J connectivity index is 2.04. The third-order valence-electron chi connectivity index (χ3n) is 2.96. The fraction of sp³-hybridized carbons (Fsp3) is 0.200. The van der Waals surface area contributed by atoms with Crippen molar-refractivity contribution < 1.29 is 4.39 Å². The fourth-order valence-electron chi connectivity index (χ4n) is 2.13. The molecule has 3 rings (SSSR count). The summed E-state index contributed by atoms with van der Waals surface area (Å²) in [6, 6.07) is 6.80. The van der Waals surface area contributed by atoms with Gasteiger partial charge >= 0.3 is 0 Å². The summed E-state index contributed by atoms with van der Waals surface area (Å²) in [4.78, 5) is 9.81. The summed E-state index contributed by atoms with van der Waals surface area (Å²) in [5.74, 6) is 0.991. The van der Waals surface area contributed by atoms with Crippen LogP contribution in [0.25, 0.3) is 10.2 Å². The number of thiophene rings is 1. The number of aryl methyl sites for hydroxylation is 1. The molecule has 6 heteroatoms. The van der Waals surface area contributed by atoms with E-state index in [1.807, 2.05) is 31.4 Å². The summed E-state index contributed by atoms with van der Waals surface area (Å²) in [5.41, 5.74) is 1.54. The molecule has 3 aromatic rings. The minimum Gasteiger partial charge on any atom is -0.354 e. The average Bonchev–Trinajstić information content (AvgIpc) is 2.86. The van der Waals surface area contributed by atoms with Gasteiger partial charge in [-0.3, -0.25) is 0 Å². The van der Waals surface area contributed by atoms with E-state index < -0.39 is 0 Å². The largest absolute Gasteiger partial charge is 0.354 e. The third-order valence-corrected chi connectivity index (χ3v) is 3.77. The highest BCUT2D eigenvalue weighted by Gasteiger charge is 2.09. The van der Waals surface area contributed by atoms with E-state index in [4.69, 9.17) is 0 Å². The Hall–Kier alpha value is -2.21. The lowest BCUT2D eigenvalue weighted by atomic mass is 10.2. The van der Waals surface area contributed by atoms with Crippen molar-refractivity contribution in [3.63, 3.8) is 0 Å². The first-order valence-corrected chi connectivity index (χ1v) is 7.57. The van der Waals surface area contributed by atoms with Crippen molar-refractivity contribution in [2.75, 3.05) is 17.2 Å². The Bertz CT molecular complexity index is 764. The van der Waals surface area contributed by atoms with E-state index in [0.717, 1.165) is 22.3 Å². The van der Waals surface area contributed by atoms with Crippen LogP contribution in [0, 0.1) is 12.7 Å². The first-order valence-electron chi connectivity index (χ1n) is 6.69. The Morgan fingerprint density at radius 1 is 1.24 bits per heavy atom. The van der Waals surface area contributed by atoms with Crippen LogP contribution in [0.3, 0.4) is 0 Å². The van der Waals surface area contributed by atoms with E-state index in [1.165, 1.54) is 12.1 Å². The van der Waals surface area contributed by atoms with Gasteiger partial charge in [0.2, 0.25) is 5.95 Å². The monoisotopic (exact) mass is 302 g/mol. The van der Waals surface area contributed by atoms with Crippen LogP contribution in [0.1, 0.15) is 12.5 Å². The summed E-state index contributed by atoms with van der Waals surface area (Å²) in [7, 11) is 0. The number of nitrogens with one attached hydrogen (secondary N) is 2. The Labute approximate surface area is 126 Å². The van der Waals surface area contributed by atoms with Gasteiger partial charge in [-0.1, -0.05) is 0 Å². The van der Waals surface area contributed by atoms with Gasteiger partial charge in [-0.05, 0) is 49.1 Å². The van der Waals surface area contributed by atoms with Crippen LogP contribution >= 0.6 is 11.3 Å². The van der Waals surface area contributed by atoms with Gasteiger partial charge in [-0.15, -0.1) is 11.3 Å². The standard InChI is InChI=1S/C15H15FN4S/c1-3-17-15-19-13(12-4-5-21-14(12)20-15)18-11-7-9(2)6-10(16)8-11/h4-8H,3H2,1-2H3,(H2,17,18,19,20). The van der Waals surface area contributed by atoms with Crippen LogP contribution in [0.15, 0.2) is 29.6 Å². The zero-order chi connectivity index (χ0) is 14.8. The zero-order valence-corrected chi connectivity index (χ0v) is 12.6. The van der Waals surface area contributed by atoms with Crippen LogP contribution in [0.5, 0.6) is 0 Å². The van der Waals surface area contributed by atoms with Gasteiger partial charge in [0.15, 0.2) is 0 Å². The maximum Gasteiger partial charge on any atom is 0.226 e. The number of halogens is 1. The van der Waals surface area contributed by atoms with Crippen molar-refractivity contribution in [1.82, 2.24) is 9.97 Å². The molecule has 2 aromatic heterocycles. The molecule has 0 fully saturated rings. The van der Waals surface area contributed by atoms with Crippen molar-refractivity contribution in [1.29, 1.82) is 0 Å². The molecular formula is C15H15FN4S. The second-order valence-electron chi connectivity index (χ2n) is 4.71. The van der Waals surface area contributed by atoms with Crippen LogP contribution in [-0.2, 0) is 0 Å². The predicted octanol–water partition coefficient (Wildman–Crippen LogP) is 4.31. The van der Waals surface area contributed by atoms with Gasteiger partial charge < -0.3 is 10.6 Å². The summed E-state index contributed by atoms with van der Waals surface area (Å²) in [5, 5.41) is 9.20. The van der Waals surface area contributed by atoms with Gasteiger partial charge in [0, 0.05) is 12.2 Å². The smallest absolute Gasteiger partial charge is 0.226 e. The molecule has 0 unspecified atom stereocenters. The van der Waals surface area contributed by atoms with E-state index >= 15 is 0 Å². The molecule has 1 aromatic carbocycles. The highest BCUT2D eigenvalue weighted by atomic mass is 32.1. The minimum atomic E-state index is -0.264. The molecule has 0 bridgehead atoms. The topological polar surface area (TPSA) is 49.8 Å². The van der Waals surface area contributed by atoms with Crippen molar-refractivity contribution in [3.05, 3.63) is 41.0 Å². The van der Waals surface area contributed by atoms with E-state index in [-0.39, 0.29) is 5.82 Å². The summed E-state index contributed by atoms with van der Waals surface area (Å²) in [6.07, 6.45) is 0. The van der Waals surface area contributed by atoms with Gasteiger partial charge in [0.1, 0.15) is 16.5 Å². The molecule has 0 saturated heterocycles. The third kappa shape index (κ3) is 2.95. The molecule has 2 N–H and O–H groups in total. The number of nitrogens with zero attached hydrogens (tertiary/aromatic N) is 2. The quantitative estimate of drug-likeness (QED) is 0.754. The van der Waals surface area contributed by atoms with Gasteiger partial charge in [-0.25, -0.2) is 9.37 Å². The van der Waals surface area contributed by atoms with E-state index in [1.54, 1.807) is 11.3 Å². The molecule has 0 aliphatic heterocycles. The molecule has 4 nitrogen and oxygen atoms in total. The molecule has 0 saturated carbocycles. The van der Waals surface area contributed by atoms with Crippen molar-refractivity contribution in [2.24, 2.45) is 0 Å². The Morgan fingerprint density at radius 3 is 2.86 bits per heavy atom. The number of hydrogen-bond acceptors (Lipinski definition) is 5. The molecule has 108 valence electrons. The SMILES string of the molecule is CCNc1nc(Nc2cc(C)cc(F)c2)c2ccsc2n1. The highest BCUT2D eigenvalue weighted by Crippen LogP contribution is 2.29. The fourth-order valence-corrected chi connectivity index (χ4v) is 2.90. The molecule has 0 atom stereocenters. The number of hydrogen-bond donors (Lipinski definition) is 2. The Kier molecular flexibility index (Phi) is 3.70. The summed E-state index contributed by atoms with van der Waals surface area (Å²) < 4.78 is 13.5. The van der Waals surface area contributed by atoms with Crippen LogP contribution in [0.4, 0.5) is 21.8 Å². The van der Waals surface area contributed by atoms with Crippen molar-refractivity contribution in [2.45, 2.75) is 13.8 Å². The van der Waals surface area contributed by atoms with E-state index in [0.29, 0.717) is 17.5 Å². The maximum absolute atomic E-state index is 13.5. The lowest BCUT2D eigenvalue weighted by Crippen LogP contribution is -2.04. The van der Waals surface area contributed by atoms with Crippen molar-refractivity contribution >= 4 is 39.0 Å². The second-order valence-corrected chi connectivity index (χ2v) is 5.60. The number of rotatable bonds is 4. The number of aromatic nitrogens is 2. The molecule has 0 amide bonds. The van der Waals surface area contributed by atoms with E-state index in [2.05, 4.69) is 20.6 Å². The van der Waals surface area contributed by atoms with E-state index in [9.17, 15) is 4.39 Å². The summed E-state index contributed by atoms with van der Waals surface area (Å²) in [6.45, 7) is 4.60. The van der Waals surface area contributed by atoms with Crippen LogP contribution in [-0.4, -0.2) is 16.5 Å². The zero-order valence-electron chi connectivity index (χ0n) is 11.8. The molecule has 21 heavy (non-hydrogen) atoms. The first-order chi connectivity index (χ1) is 10.2. The summed E-state index contributed by atoms with van der Waals surface area (Å²) >= 11 is 1.55. The number of benzene rings is 1. The maximum atomic E-state index is 13.5. The Morgan fingerprint density at radius 2 is 2.10 bits per heavy atom. The number of fused-ring (bicyclic) bond motifs is 1. The molecule has 0 radical (unpaired) electrons. The normalized spacial score (nSPS) is 10.8. The predicted molar refractivity (Wildman–Crippen MR) is 86.0 cm³/mol. The average molecular weight is 302 g/mol. The molecule has 0 spiro atoms. The minimum absolute atomic E-state index is 0.264.